The summed E-state index contributed by atoms with van der Waals surface area (Å²) in [5.74, 6) is 0.0438. The second-order valence-electron chi connectivity index (χ2n) is 4.97. The quantitative estimate of drug-likeness (QED) is 0.781. The van der Waals surface area contributed by atoms with Crippen molar-refractivity contribution >= 4 is 11.8 Å². The molecule has 2 rings (SSSR count). The Labute approximate surface area is 117 Å². The number of nitrogens with zero attached hydrogens (tertiary/aromatic N) is 1. The Hall–Kier alpha value is -1.82. The van der Waals surface area contributed by atoms with E-state index in [0.29, 0.717) is 32.5 Å². The van der Waals surface area contributed by atoms with Crippen molar-refractivity contribution in [3.05, 3.63) is 24.2 Å². The van der Waals surface area contributed by atoms with Gasteiger partial charge in [0, 0.05) is 26.1 Å². The van der Waals surface area contributed by atoms with Crippen LogP contribution in [0.15, 0.2) is 22.8 Å². The average Bonchev–Trinajstić information content (AvgIpc) is 2.97. The molecule has 1 aliphatic rings. The molecule has 0 radical (unpaired) electrons. The number of hydrogen-bond acceptors (Lipinski definition) is 4. The summed E-state index contributed by atoms with van der Waals surface area (Å²) < 4.78 is 4.97. The van der Waals surface area contributed by atoms with E-state index < -0.39 is 6.10 Å². The summed E-state index contributed by atoms with van der Waals surface area (Å²) >= 11 is 0. The van der Waals surface area contributed by atoms with Gasteiger partial charge in [-0.2, -0.15) is 0 Å². The molecular formula is C14H20N2O4. The largest absolute Gasteiger partial charge is 0.459 e. The normalized spacial score (nSPS) is 18.9. The second kappa shape index (κ2) is 7.09. The highest BCUT2D eigenvalue weighted by molar-refractivity contribution is 5.91. The van der Waals surface area contributed by atoms with Gasteiger partial charge in [0.15, 0.2) is 5.76 Å². The second-order valence-corrected chi connectivity index (χ2v) is 4.97. The van der Waals surface area contributed by atoms with Crippen LogP contribution in [-0.4, -0.2) is 47.6 Å². The van der Waals surface area contributed by atoms with E-state index in [2.05, 4.69) is 5.32 Å². The van der Waals surface area contributed by atoms with Gasteiger partial charge in [-0.25, -0.2) is 0 Å². The fourth-order valence-electron chi connectivity index (χ4n) is 2.28. The van der Waals surface area contributed by atoms with Crippen molar-refractivity contribution in [2.45, 2.75) is 31.8 Å². The summed E-state index contributed by atoms with van der Waals surface area (Å²) in [4.78, 5) is 25.2. The Balaban J connectivity index is 1.63. The highest BCUT2D eigenvalue weighted by Gasteiger charge is 2.21. The highest BCUT2D eigenvalue weighted by atomic mass is 16.3. The topological polar surface area (TPSA) is 82.8 Å². The van der Waals surface area contributed by atoms with Crippen LogP contribution in [0.3, 0.4) is 0 Å². The zero-order chi connectivity index (χ0) is 14.4. The van der Waals surface area contributed by atoms with Crippen molar-refractivity contribution in [2.24, 2.45) is 0 Å². The number of carbonyl (C=O) groups excluding carboxylic acids is 2. The van der Waals surface area contributed by atoms with Gasteiger partial charge in [0.05, 0.1) is 12.4 Å². The van der Waals surface area contributed by atoms with Crippen LogP contribution in [0, 0.1) is 0 Å². The first-order valence-corrected chi connectivity index (χ1v) is 6.94. The third-order valence-corrected chi connectivity index (χ3v) is 3.35. The van der Waals surface area contributed by atoms with Crippen LogP contribution >= 0.6 is 0 Å². The summed E-state index contributed by atoms with van der Waals surface area (Å²) in [5, 5.41) is 12.2. The number of furan rings is 1. The molecule has 1 unspecified atom stereocenters. The van der Waals surface area contributed by atoms with E-state index in [-0.39, 0.29) is 17.6 Å². The molecule has 0 saturated carbocycles. The molecule has 0 spiro atoms. The average molecular weight is 280 g/mol. The van der Waals surface area contributed by atoms with Crippen molar-refractivity contribution in [2.75, 3.05) is 19.6 Å². The van der Waals surface area contributed by atoms with Crippen LogP contribution in [0.2, 0.25) is 0 Å². The molecule has 1 atom stereocenters. The van der Waals surface area contributed by atoms with Crippen LogP contribution in [-0.2, 0) is 4.79 Å². The van der Waals surface area contributed by atoms with Crippen LogP contribution in [0.4, 0.5) is 0 Å². The number of nitrogens with one attached hydrogen (secondary N) is 1. The van der Waals surface area contributed by atoms with Gasteiger partial charge < -0.3 is 19.7 Å². The number of carbonyl (C=O) groups is 2. The van der Waals surface area contributed by atoms with Crippen molar-refractivity contribution in [3.63, 3.8) is 0 Å². The molecule has 6 nitrogen and oxygen atoms in total. The maximum absolute atomic E-state index is 11.9. The van der Waals surface area contributed by atoms with Crippen molar-refractivity contribution < 1.29 is 19.1 Å². The molecule has 2 amide bonds. The van der Waals surface area contributed by atoms with Crippen LogP contribution in [0.1, 0.15) is 36.2 Å². The molecule has 1 aromatic rings. The van der Waals surface area contributed by atoms with E-state index in [1.54, 1.807) is 17.0 Å². The SMILES string of the molecule is O=C(NCCCC(=O)N1CCCC(O)C1)c1ccco1. The van der Waals surface area contributed by atoms with Crippen LogP contribution < -0.4 is 5.32 Å². The Bertz CT molecular complexity index is 444. The number of amides is 2. The lowest BCUT2D eigenvalue weighted by atomic mass is 10.1. The molecule has 1 aliphatic heterocycles. The Morgan fingerprint density at radius 2 is 2.35 bits per heavy atom. The minimum Gasteiger partial charge on any atom is -0.459 e. The van der Waals surface area contributed by atoms with Crippen molar-refractivity contribution in [1.82, 2.24) is 10.2 Å². The summed E-state index contributed by atoms with van der Waals surface area (Å²) in [5.41, 5.74) is 0. The monoisotopic (exact) mass is 280 g/mol. The maximum Gasteiger partial charge on any atom is 0.286 e. The highest BCUT2D eigenvalue weighted by Crippen LogP contribution is 2.11. The van der Waals surface area contributed by atoms with E-state index >= 15 is 0 Å². The maximum atomic E-state index is 11.9. The third-order valence-electron chi connectivity index (χ3n) is 3.35. The number of piperidine rings is 1. The van der Waals surface area contributed by atoms with E-state index in [4.69, 9.17) is 4.42 Å². The van der Waals surface area contributed by atoms with Gasteiger partial charge in [0.25, 0.3) is 5.91 Å². The lowest BCUT2D eigenvalue weighted by Crippen LogP contribution is -2.42. The minimum atomic E-state index is -0.397. The third kappa shape index (κ3) is 4.09. The van der Waals surface area contributed by atoms with Crippen molar-refractivity contribution in [3.8, 4) is 0 Å². The standard InChI is InChI=1S/C14H20N2O4/c17-11-4-2-8-16(10-11)13(18)6-1-7-15-14(19)12-5-3-9-20-12/h3,5,9,11,17H,1-2,4,6-8,10H2,(H,15,19). The van der Waals surface area contributed by atoms with Gasteiger partial charge >= 0.3 is 0 Å². The first kappa shape index (κ1) is 14.6. The van der Waals surface area contributed by atoms with Crippen molar-refractivity contribution in [1.29, 1.82) is 0 Å². The van der Waals surface area contributed by atoms with Gasteiger partial charge in [-0.15, -0.1) is 0 Å². The Kier molecular flexibility index (Phi) is 5.17. The molecule has 1 fully saturated rings. The van der Waals surface area contributed by atoms with Gasteiger partial charge in [0.1, 0.15) is 0 Å². The van der Waals surface area contributed by atoms with Gasteiger partial charge in [-0.1, -0.05) is 0 Å². The molecule has 0 aromatic carbocycles. The van der Waals surface area contributed by atoms with E-state index in [1.165, 1.54) is 6.26 Å². The Morgan fingerprint density at radius 3 is 3.05 bits per heavy atom. The number of hydrogen-bond donors (Lipinski definition) is 2. The van der Waals surface area contributed by atoms with Gasteiger partial charge in [-0.3, -0.25) is 9.59 Å². The zero-order valence-corrected chi connectivity index (χ0v) is 11.4. The number of rotatable bonds is 5. The van der Waals surface area contributed by atoms with Crippen LogP contribution in [0.25, 0.3) is 0 Å². The lowest BCUT2D eigenvalue weighted by molar-refractivity contribution is -0.134. The smallest absolute Gasteiger partial charge is 0.286 e. The van der Waals surface area contributed by atoms with E-state index in [9.17, 15) is 14.7 Å². The molecule has 1 aromatic heterocycles. The fourth-order valence-corrected chi connectivity index (χ4v) is 2.28. The summed E-state index contributed by atoms with van der Waals surface area (Å²) in [6, 6.07) is 3.25. The van der Waals surface area contributed by atoms with Gasteiger partial charge in [-0.05, 0) is 31.4 Å². The predicted octanol–water partition coefficient (Wildman–Crippen LogP) is 0.773. The Morgan fingerprint density at radius 1 is 1.50 bits per heavy atom. The summed E-state index contributed by atoms with van der Waals surface area (Å²) in [6.07, 6.45) is 3.63. The van der Waals surface area contributed by atoms with Gasteiger partial charge in [0.2, 0.25) is 5.91 Å². The molecule has 0 bridgehead atoms. The molecule has 0 aliphatic carbocycles. The summed E-state index contributed by atoms with van der Waals surface area (Å²) in [6.45, 7) is 1.58. The first-order chi connectivity index (χ1) is 9.66. The molecule has 2 heterocycles. The number of aliphatic hydroxyl groups is 1. The first-order valence-electron chi connectivity index (χ1n) is 6.94. The van der Waals surface area contributed by atoms with E-state index in [0.717, 1.165) is 12.8 Å². The zero-order valence-electron chi connectivity index (χ0n) is 11.4. The number of aliphatic hydroxyl groups excluding tert-OH is 1. The summed E-state index contributed by atoms with van der Waals surface area (Å²) in [7, 11) is 0. The van der Waals surface area contributed by atoms with E-state index in [1.807, 2.05) is 0 Å². The molecule has 2 N–H and O–H groups in total. The molecule has 20 heavy (non-hydrogen) atoms. The predicted molar refractivity (Wildman–Crippen MR) is 72.1 cm³/mol. The number of β-amino-alcohol motifs (C(OH)–C–C–N with tert-alkyl or cyclic N) is 1. The molecule has 1 saturated heterocycles. The van der Waals surface area contributed by atoms with Crippen LogP contribution in [0.5, 0.6) is 0 Å². The molecule has 110 valence electrons. The number of likely N-dealkylation sites (tertiary alicyclic amines) is 1. The molecule has 6 heteroatoms. The molecular weight excluding hydrogens is 260 g/mol. The minimum absolute atomic E-state index is 0.0380. The fraction of sp³-hybridized carbons (Fsp3) is 0.571. The lowest BCUT2D eigenvalue weighted by Gasteiger charge is -2.30.